The number of carbonyl (C=O) groups excluding carboxylic acids is 1. The van der Waals surface area contributed by atoms with E-state index in [1.807, 2.05) is 18.2 Å². The SMILES string of the molecule is O=C(Nc1ncccc1Cl)c1ccc2c(c1)NCC2. The molecule has 0 saturated carbocycles. The van der Waals surface area contributed by atoms with Gasteiger partial charge in [0.15, 0.2) is 5.82 Å². The van der Waals surface area contributed by atoms with E-state index in [0.29, 0.717) is 16.4 Å². The van der Waals surface area contributed by atoms with Crippen molar-refractivity contribution < 1.29 is 4.79 Å². The van der Waals surface area contributed by atoms with Crippen LogP contribution in [-0.2, 0) is 6.42 Å². The van der Waals surface area contributed by atoms with Crippen LogP contribution in [0.15, 0.2) is 36.5 Å². The molecule has 0 radical (unpaired) electrons. The summed E-state index contributed by atoms with van der Waals surface area (Å²) in [4.78, 5) is 16.2. The fourth-order valence-corrected chi connectivity index (χ4v) is 2.26. The van der Waals surface area contributed by atoms with Crippen molar-refractivity contribution in [3.8, 4) is 0 Å². The van der Waals surface area contributed by atoms with Gasteiger partial charge >= 0.3 is 0 Å². The van der Waals surface area contributed by atoms with Gasteiger partial charge in [-0.05, 0) is 36.2 Å². The first-order valence-corrected chi connectivity index (χ1v) is 6.40. The van der Waals surface area contributed by atoms with E-state index in [0.717, 1.165) is 18.7 Å². The van der Waals surface area contributed by atoms with Crippen LogP contribution >= 0.6 is 11.6 Å². The highest BCUT2D eigenvalue weighted by atomic mass is 35.5. The lowest BCUT2D eigenvalue weighted by molar-refractivity contribution is 0.102. The van der Waals surface area contributed by atoms with Crippen molar-refractivity contribution in [1.29, 1.82) is 0 Å². The van der Waals surface area contributed by atoms with Crippen LogP contribution in [0.2, 0.25) is 5.02 Å². The van der Waals surface area contributed by atoms with E-state index in [9.17, 15) is 4.79 Å². The number of pyridine rings is 1. The van der Waals surface area contributed by atoms with Gasteiger partial charge in [-0.15, -0.1) is 0 Å². The number of hydrogen-bond donors (Lipinski definition) is 2. The van der Waals surface area contributed by atoms with E-state index in [-0.39, 0.29) is 5.91 Å². The molecule has 3 rings (SSSR count). The maximum Gasteiger partial charge on any atom is 0.256 e. The van der Waals surface area contributed by atoms with Gasteiger partial charge < -0.3 is 10.6 Å². The lowest BCUT2D eigenvalue weighted by Crippen LogP contribution is -2.13. The van der Waals surface area contributed by atoms with Crippen molar-refractivity contribution in [1.82, 2.24) is 4.98 Å². The van der Waals surface area contributed by atoms with Crippen LogP contribution in [0.3, 0.4) is 0 Å². The largest absolute Gasteiger partial charge is 0.384 e. The molecule has 4 nitrogen and oxygen atoms in total. The first-order valence-electron chi connectivity index (χ1n) is 6.03. The summed E-state index contributed by atoms with van der Waals surface area (Å²) in [5.41, 5.74) is 2.86. The number of halogens is 1. The van der Waals surface area contributed by atoms with Crippen LogP contribution in [0.1, 0.15) is 15.9 Å². The molecule has 1 amide bonds. The van der Waals surface area contributed by atoms with Gasteiger partial charge in [-0.3, -0.25) is 4.79 Å². The first kappa shape index (κ1) is 12.0. The number of amides is 1. The van der Waals surface area contributed by atoms with Crippen LogP contribution in [0.4, 0.5) is 11.5 Å². The van der Waals surface area contributed by atoms with Gasteiger partial charge in [0, 0.05) is 24.0 Å². The van der Waals surface area contributed by atoms with Gasteiger partial charge in [0.1, 0.15) is 0 Å². The Morgan fingerprint density at radius 3 is 3.11 bits per heavy atom. The fourth-order valence-electron chi connectivity index (χ4n) is 2.09. The molecule has 0 spiro atoms. The molecule has 2 aromatic rings. The molecule has 1 aromatic heterocycles. The number of fused-ring (bicyclic) bond motifs is 1. The summed E-state index contributed by atoms with van der Waals surface area (Å²) in [6.07, 6.45) is 2.59. The maximum atomic E-state index is 12.1. The minimum Gasteiger partial charge on any atom is -0.384 e. The van der Waals surface area contributed by atoms with Gasteiger partial charge in [0.05, 0.1) is 5.02 Å². The zero-order valence-corrected chi connectivity index (χ0v) is 10.9. The second-order valence-electron chi connectivity index (χ2n) is 4.34. The van der Waals surface area contributed by atoms with Crippen molar-refractivity contribution in [2.75, 3.05) is 17.2 Å². The molecule has 0 unspecified atom stereocenters. The number of nitrogens with zero attached hydrogens (tertiary/aromatic N) is 1. The van der Waals surface area contributed by atoms with Crippen molar-refractivity contribution in [2.45, 2.75) is 6.42 Å². The number of rotatable bonds is 2. The third kappa shape index (κ3) is 2.39. The Balaban J connectivity index is 1.83. The Kier molecular flexibility index (Phi) is 3.09. The number of aromatic nitrogens is 1. The predicted molar refractivity (Wildman–Crippen MR) is 75.8 cm³/mol. The zero-order chi connectivity index (χ0) is 13.2. The van der Waals surface area contributed by atoms with Gasteiger partial charge in [-0.2, -0.15) is 0 Å². The average Bonchev–Trinajstić information content (AvgIpc) is 2.88. The number of nitrogens with one attached hydrogen (secondary N) is 2. The van der Waals surface area contributed by atoms with E-state index < -0.39 is 0 Å². The highest BCUT2D eigenvalue weighted by molar-refractivity contribution is 6.33. The third-order valence-corrected chi connectivity index (χ3v) is 3.38. The minimum absolute atomic E-state index is 0.211. The van der Waals surface area contributed by atoms with Crippen LogP contribution in [0, 0.1) is 0 Å². The van der Waals surface area contributed by atoms with E-state index in [2.05, 4.69) is 15.6 Å². The average molecular weight is 274 g/mol. The topological polar surface area (TPSA) is 54.0 Å². The molecule has 1 aliphatic rings. The smallest absolute Gasteiger partial charge is 0.256 e. The molecule has 5 heteroatoms. The quantitative estimate of drug-likeness (QED) is 0.884. The third-order valence-electron chi connectivity index (χ3n) is 3.07. The van der Waals surface area contributed by atoms with Gasteiger partial charge in [0.2, 0.25) is 0 Å². The van der Waals surface area contributed by atoms with Crippen molar-refractivity contribution >= 4 is 29.0 Å². The fraction of sp³-hybridized carbons (Fsp3) is 0.143. The van der Waals surface area contributed by atoms with Crippen molar-refractivity contribution in [3.63, 3.8) is 0 Å². The number of hydrogen-bond acceptors (Lipinski definition) is 3. The van der Waals surface area contributed by atoms with E-state index >= 15 is 0 Å². The number of benzene rings is 1. The van der Waals surface area contributed by atoms with Gasteiger partial charge in [0.25, 0.3) is 5.91 Å². The normalized spacial score (nSPS) is 12.7. The summed E-state index contributed by atoms with van der Waals surface area (Å²) in [6.45, 7) is 0.923. The lowest BCUT2D eigenvalue weighted by atomic mass is 10.1. The summed E-state index contributed by atoms with van der Waals surface area (Å²) in [7, 11) is 0. The second kappa shape index (κ2) is 4.90. The summed E-state index contributed by atoms with van der Waals surface area (Å²) < 4.78 is 0. The molecular formula is C14H12ClN3O. The molecule has 2 heterocycles. The molecule has 96 valence electrons. The predicted octanol–water partition coefficient (Wildman–Crippen LogP) is 2.96. The molecule has 0 aliphatic carbocycles. The van der Waals surface area contributed by atoms with Gasteiger partial charge in [-0.1, -0.05) is 17.7 Å². The highest BCUT2D eigenvalue weighted by Crippen LogP contribution is 2.24. The molecule has 1 aliphatic heterocycles. The Hall–Kier alpha value is -2.07. The molecule has 0 atom stereocenters. The molecule has 0 bridgehead atoms. The molecule has 1 aromatic carbocycles. The molecule has 0 fully saturated rings. The van der Waals surface area contributed by atoms with Crippen molar-refractivity contribution in [3.05, 3.63) is 52.7 Å². The Labute approximate surface area is 115 Å². The van der Waals surface area contributed by atoms with Crippen LogP contribution in [0.5, 0.6) is 0 Å². The zero-order valence-electron chi connectivity index (χ0n) is 10.1. The molecule has 19 heavy (non-hydrogen) atoms. The lowest BCUT2D eigenvalue weighted by Gasteiger charge is -2.07. The van der Waals surface area contributed by atoms with E-state index in [1.165, 1.54) is 5.56 Å². The van der Waals surface area contributed by atoms with Crippen LogP contribution in [0.25, 0.3) is 0 Å². The molecule has 0 saturated heterocycles. The summed E-state index contributed by atoms with van der Waals surface area (Å²) in [5, 5.41) is 6.38. The van der Waals surface area contributed by atoms with Crippen LogP contribution in [-0.4, -0.2) is 17.4 Å². The highest BCUT2D eigenvalue weighted by Gasteiger charge is 2.14. The minimum atomic E-state index is -0.211. The molecular weight excluding hydrogens is 262 g/mol. The molecule has 2 N–H and O–H groups in total. The van der Waals surface area contributed by atoms with E-state index in [4.69, 9.17) is 11.6 Å². The summed E-state index contributed by atoms with van der Waals surface area (Å²) in [5.74, 6) is 0.166. The second-order valence-corrected chi connectivity index (χ2v) is 4.74. The Morgan fingerprint density at radius 1 is 1.37 bits per heavy atom. The van der Waals surface area contributed by atoms with Gasteiger partial charge in [-0.25, -0.2) is 4.98 Å². The Bertz CT molecular complexity index is 642. The first-order chi connectivity index (χ1) is 9.24. The number of anilines is 2. The summed E-state index contributed by atoms with van der Waals surface area (Å²) in [6, 6.07) is 9.06. The number of carbonyl (C=O) groups is 1. The monoisotopic (exact) mass is 273 g/mol. The maximum absolute atomic E-state index is 12.1. The van der Waals surface area contributed by atoms with Crippen molar-refractivity contribution in [2.24, 2.45) is 0 Å². The van der Waals surface area contributed by atoms with Crippen LogP contribution < -0.4 is 10.6 Å². The summed E-state index contributed by atoms with van der Waals surface area (Å²) >= 11 is 5.96. The Morgan fingerprint density at radius 2 is 2.26 bits per heavy atom. The standard InChI is InChI=1S/C14H12ClN3O/c15-11-2-1-6-17-13(11)18-14(19)10-4-3-9-5-7-16-12(9)8-10/h1-4,6,8,16H,5,7H2,(H,17,18,19). The van der Waals surface area contributed by atoms with E-state index in [1.54, 1.807) is 18.3 Å².